The number of rotatable bonds is 0. The Morgan fingerprint density at radius 3 is 2.76 bits per heavy atom. The molecule has 106 valence electrons. The van der Waals surface area contributed by atoms with Crippen LogP contribution in [0.2, 0.25) is 0 Å². The fourth-order valence-electron chi connectivity index (χ4n) is 5.05. The molecule has 2 aliphatic carbocycles. The first-order valence-corrected chi connectivity index (χ1v) is 8.33. The van der Waals surface area contributed by atoms with E-state index < -0.39 is 0 Å². The lowest BCUT2D eigenvalue weighted by molar-refractivity contribution is 0.330. The predicted molar refractivity (Wildman–Crippen MR) is 88.8 cm³/mol. The van der Waals surface area contributed by atoms with E-state index in [4.69, 9.17) is 0 Å². The molecule has 0 amide bonds. The van der Waals surface area contributed by atoms with Crippen LogP contribution in [0, 0.1) is 5.92 Å². The molecule has 1 fully saturated rings. The van der Waals surface area contributed by atoms with Crippen LogP contribution < -0.4 is 0 Å². The van der Waals surface area contributed by atoms with Gasteiger partial charge in [0.25, 0.3) is 0 Å². The number of para-hydroxylation sites is 1. The van der Waals surface area contributed by atoms with E-state index in [2.05, 4.69) is 48.0 Å². The zero-order chi connectivity index (χ0) is 14.0. The summed E-state index contributed by atoms with van der Waals surface area (Å²) in [5, 5.41) is 2.86. The summed E-state index contributed by atoms with van der Waals surface area (Å²) in [5.41, 5.74) is 6.19. The zero-order valence-electron chi connectivity index (χ0n) is 12.6. The topological polar surface area (TPSA) is 4.93 Å². The highest BCUT2D eigenvalue weighted by Gasteiger charge is 2.35. The van der Waals surface area contributed by atoms with E-state index in [-0.39, 0.29) is 0 Å². The molecule has 0 radical (unpaired) electrons. The van der Waals surface area contributed by atoms with Gasteiger partial charge in [0.1, 0.15) is 0 Å². The van der Waals surface area contributed by atoms with Crippen LogP contribution >= 0.6 is 0 Å². The lowest BCUT2D eigenvalue weighted by atomic mass is 9.80. The average Bonchev–Trinajstić information content (AvgIpc) is 3.04. The second-order valence-electron chi connectivity index (χ2n) is 6.96. The second kappa shape index (κ2) is 4.13. The van der Waals surface area contributed by atoms with Crippen molar-refractivity contribution in [3.05, 3.63) is 47.5 Å². The van der Waals surface area contributed by atoms with Crippen LogP contribution in [0.1, 0.15) is 42.7 Å². The third kappa shape index (κ3) is 1.47. The highest BCUT2D eigenvalue weighted by molar-refractivity contribution is 6.09. The summed E-state index contributed by atoms with van der Waals surface area (Å²) >= 11 is 0. The van der Waals surface area contributed by atoms with Gasteiger partial charge >= 0.3 is 0 Å². The van der Waals surface area contributed by atoms with Crippen molar-refractivity contribution in [2.75, 3.05) is 0 Å². The van der Waals surface area contributed by atoms with Crippen molar-refractivity contribution in [3.8, 4) is 0 Å². The van der Waals surface area contributed by atoms with Crippen molar-refractivity contribution < 1.29 is 0 Å². The highest BCUT2D eigenvalue weighted by Crippen LogP contribution is 2.49. The summed E-state index contributed by atoms with van der Waals surface area (Å²) in [6, 6.07) is 13.7. The van der Waals surface area contributed by atoms with Gasteiger partial charge in [-0.2, -0.15) is 0 Å². The SMILES string of the molecule is Cn1c2ccccc2c2ccc3c(c21)C[C@H]1CCCCC31. The Morgan fingerprint density at radius 2 is 1.81 bits per heavy atom. The van der Waals surface area contributed by atoms with Gasteiger partial charge in [0.2, 0.25) is 0 Å². The molecule has 0 N–H and O–H groups in total. The van der Waals surface area contributed by atoms with Gasteiger partial charge in [-0.3, -0.25) is 0 Å². The number of benzene rings is 2. The lowest BCUT2D eigenvalue weighted by Gasteiger charge is -2.25. The molecular weight excluding hydrogens is 254 g/mol. The molecule has 5 rings (SSSR count). The Balaban J connectivity index is 1.86. The molecule has 1 heteroatoms. The number of aromatic nitrogens is 1. The molecule has 1 aromatic heterocycles. The Morgan fingerprint density at radius 1 is 0.952 bits per heavy atom. The van der Waals surface area contributed by atoms with Crippen molar-refractivity contribution in [1.29, 1.82) is 0 Å². The maximum Gasteiger partial charge on any atom is 0.0524 e. The van der Waals surface area contributed by atoms with E-state index in [1.807, 2.05) is 0 Å². The largest absolute Gasteiger partial charge is 0.343 e. The van der Waals surface area contributed by atoms with Crippen molar-refractivity contribution in [1.82, 2.24) is 4.57 Å². The maximum absolute atomic E-state index is 2.44. The van der Waals surface area contributed by atoms with E-state index in [0.29, 0.717) is 0 Å². The zero-order valence-corrected chi connectivity index (χ0v) is 12.6. The molecule has 0 aliphatic heterocycles. The first-order chi connectivity index (χ1) is 10.3. The minimum atomic E-state index is 0.844. The van der Waals surface area contributed by atoms with E-state index in [1.165, 1.54) is 53.9 Å². The summed E-state index contributed by atoms with van der Waals surface area (Å²) < 4.78 is 2.43. The molecule has 1 unspecified atom stereocenters. The van der Waals surface area contributed by atoms with Crippen LogP contribution in [0.25, 0.3) is 21.8 Å². The molecule has 0 bridgehead atoms. The molecule has 0 saturated heterocycles. The third-order valence-corrected chi connectivity index (χ3v) is 5.98. The van der Waals surface area contributed by atoms with Gasteiger partial charge in [-0.25, -0.2) is 0 Å². The minimum Gasteiger partial charge on any atom is -0.343 e. The Labute approximate surface area is 125 Å². The molecule has 1 heterocycles. The quantitative estimate of drug-likeness (QED) is 0.534. The number of hydrogen-bond acceptors (Lipinski definition) is 0. The number of fused-ring (bicyclic) bond motifs is 7. The van der Waals surface area contributed by atoms with Crippen LogP contribution in [0.3, 0.4) is 0 Å². The minimum absolute atomic E-state index is 0.844. The lowest BCUT2D eigenvalue weighted by Crippen LogP contribution is -2.12. The first kappa shape index (κ1) is 11.9. The van der Waals surface area contributed by atoms with Crippen molar-refractivity contribution in [2.24, 2.45) is 13.0 Å². The third-order valence-electron chi connectivity index (χ3n) is 5.98. The molecule has 2 aliphatic rings. The van der Waals surface area contributed by atoms with E-state index >= 15 is 0 Å². The number of nitrogens with zero attached hydrogens (tertiary/aromatic N) is 1. The summed E-state index contributed by atoms with van der Waals surface area (Å²) in [5.74, 6) is 1.76. The monoisotopic (exact) mass is 275 g/mol. The maximum atomic E-state index is 2.44. The van der Waals surface area contributed by atoms with Crippen molar-refractivity contribution in [3.63, 3.8) is 0 Å². The molecule has 0 spiro atoms. The predicted octanol–water partition coefficient (Wildman–Crippen LogP) is 5.16. The van der Waals surface area contributed by atoms with Gasteiger partial charge in [0.05, 0.1) is 5.52 Å². The molecule has 2 aromatic carbocycles. The normalized spacial score (nSPS) is 24.4. The average molecular weight is 275 g/mol. The van der Waals surface area contributed by atoms with Crippen LogP contribution in [0.5, 0.6) is 0 Å². The smallest absolute Gasteiger partial charge is 0.0524 e. The van der Waals surface area contributed by atoms with E-state index in [9.17, 15) is 0 Å². The summed E-state index contributed by atoms with van der Waals surface area (Å²) in [6.45, 7) is 0. The molecule has 2 atom stereocenters. The summed E-state index contributed by atoms with van der Waals surface area (Å²) in [7, 11) is 2.24. The molecule has 21 heavy (non-hydrogen) atoms. The van der Waals surface area contributed by atoms with Gasteiger partial charge in [0, 0.05) is 23.3 Å². The Bertz CT molecular complexity index is 855. The van der Waals surface area contributed by atoms with Crippen LogP contribution in [0.15, 0.2) is 36.4 Å². The van der Waals surface area contributed by atoms with E-state index in [0.717, 1.165) is 11.8 Å². The van der Waals surface area contributed by atoms with E-state index in [1.54, 1.807) is 11.1 Å². The Hall–Kier alpha value is -1.76. The summed E-state index contributed by atoms with van der Waals surface area (Å²) in [6.07, 6.45) is 7.01. The molecule has 1 saturated carbocycles. The van der Waals surface area contributed by atoms with Gasteiger partial charge < -0.3 is 4.57 Å². The molecule has 1 nitrogen and oxygen atoms in total. The standard InChI is InChI=1S/C20H21N/c1-21-19-9-5-4-8-16(19)17-11-10-15-14-7-3-2-6-13(14)12-18(15)20(17)21/h4-5,8-11,13-14H,2-3,6-7,12H2,1H3/t13-,14?/m1/s1. The highest BCUT2D eigenvalue weighted by atomic mass is 14.9. The van der Waals surface area contributed by atoms with Crippen LogP contribution in [-0.4, -0.2) is 4.57 Å². The van der Waals surface area contributed by atoms with Gasteiger partial charge in [-0.05, 0) is 48.3 Å². The van der Waals surface area contributed by atoms with Gasteiger partial charge in [-0.15, -0.1) is 0 Å². The molecule has 3 aromatic rings. The van der Waals surface area contributed by atoms with Crippen molar-refractivity contribution >= 4 is 21.8 Å². The fourth-order valence-corrected chi connectivity index (χ4v) is 5.05. The second-order valence-corrected chi connectivity index (χ2v) is 6.96. The fraction of sp³-hybridized carbons (Fsp3) is 0.400. The van der Waals surface area contributed by atoms with Gasteiger partial charge in [0.15, 0.2) is 0 Å². The summed E-state index contributed by atoms with van der Waals surface area (Å²) in [4.78, 5) is 0. The van der Waals surface area contributed by atoms with Crippen molar-refractivity contribution in [2.45, 2.75) is 38.0 Å². The van der Waals surface area contributed by atoms with Crippen LogP contribution in [-0.2, 0) is 13.5 Å². The molecular formula is C20H21N. The Kier molecular flexibility index (Phi) is 2.33. The first-order valence-electron chi connectivity index (χ1n) is 8.33. The van der Waals surface area contributed by atoms with Crippen LogP contribution in [0.4, 0.5) is 0 Å². The van der Waals surface area contributed by atoms with Gasteiger partial charge in [-0.1, -0.05) is 43.2 Å². The number of hydrogen-bond donors (Lipinski definition) is 0. The number of aryl methyl sites for hydroxylation is 1.